The van der Waals surface area contributed by atoms with Gasteiger partial charge in [0.1, 0.15) is 5.01 Å². The lowest BCUT2D eigenvalue weighted by Crippen LogP contribution is -1.76. The van der Waals surface area contributed by atoms with Crippen molar-refractivity contribution in [3.8, 4) is 22.9 Å². The lowest BCUT2D eigenvalue weighted by molar-refractivity contribution is 1.41. The average molecular weight is 185 g/mol. The summed E-state index contributed by atoms with van der Waals surface area (Å²) < 4.78 is 0. The Morgan fingerprint density at radius 2 is 2.00 bits per heavy atom. The molecule has 0 N–H and O–H groups in total. The zero-order chi connectivity index (χ0) is 9.10. The third-order valence-electron chi connectivity index (χ3n) is 1.73. The molecule has 0 saturated carbocycles. The van der Waals surface area contributed by atoms with Crippen LogP contribution in [0, 0.1) is 12.3 Å². The van der Waals surface area contributed by atoms with Crippen molar-refractivity contribution in [1.29, 1.82) is 0 Å². The Morgan fingerprint density at radius 1 is 1.23 bits per heavy atom. The van der Waals surface area contributed by atoms with E-state index in [9.17, 15) is 0 Å². The minimum atomic E-state index is 0.903. The molecule has 0 unspecified atom stereocenters. The molecule has 0 aliphatic rings. The molecule has 1 aromatic heterocycles. The van der Waals surface area contributed by atoms with E-state index in [1.807, 2.05) is 29.6 Å². The van der Waals surface area contributed by atoms with Crippen molar-refractivity contribution in [3.05, 3.63) is 41.4 Å². The maximum absolute atomic E-state index is 5.26. The summed E-state index contributed by atoms with van der Waals surface area (Å²) in [5, 5.41) is 2.99. The van der Waals surface area contributed by atoms with Crippen LogP contribution in [-0.2, 0) is 0 Å². The minimum Gasteiger partial charge on any atom is -0.245 e. The van der Waals surface area contributed by atoms with Gasteiger partial charge in [-0.05, 0) is 12.1 Å². The maximum atomic E-state index is 5.26. The summed E-state index contributed by atoms with van der Waals surface area (Å²) >= 11 is 1.63. The molecular formula is C11H7NS. The number of terminal acetylenes is 1. The predicted molar refractivity (Wildman–Crippen MR) is 55.5 cm³/mol. The molecule has 0 aliphatic carbocycles. The van der Waals surface area contributed by atoms with E-state index in [1.54, 1.807) is 17.5 Å². The fraction of sp³-hybridized carbons (Fsp3) is 0. The Balaban J connectivity index is 2.40. The predicted octanol–water partition coefficient (Wildman–Crippen LogP) is 2.79. The second-order valence-corrected chi connectivity index (χ2v) is 3.45. The number of benzene rings is 1. The number of nitrogens with zero attached hydrogens (tertiary/aromatic N) is 1. The third-order valence-corrected chi connectivity index (χ3v) is 2.55. The van der Waals surface area contributed by atoms with Gasteiger partial charge in [-0.2, -0.15) is 0 Å². The lowest BCUT2D eigenvalue weighted by atomic mass is 10.1. The van der Waals surface area contributed by atoms with Crippen molar-refractivity contribution in [1.82, 2.24) is 4.98 Å². The van der Waals surface area contributed by atoms with Crippen LogP contribution in [0.2, 0.25) is 0 Å². The van der Waals surface area contributed by atoms with E-state index in [2.05, 4.69) is 10.9 Å². The number of thiazole rings is 1. The number of rotatable bonds is 1. The molecule has 0 atom stereocenters. The molecule has 1 aromatic carbocycles. The maximum Gasteiger partial charge on any atom is 0.123 e. The standard InChI is InChI=1S/C11H7NS/c1-2-9-3-5-10(6-4-9)11-12-7-8-13-11/h1,3-8H. The molecule has 62 valence electrons. The van der Waals surface area contributed by atoms with E-state index in [0.29, 0.717) is 0 Å². The summed E-state index contributed by atoms with van der Waals surface area (Å²) in [6.45, 7) is 0. The summed E-state index contributed by atoms with van der Waals surface area (Å²) in [5.74, 6) is 2.58. The largest absolute Gasteiger partial charge is 0.245 e. The van der Waals surface area contributed by atoms with Crippen molar-refractivity contribution in [2.24, 2.45) is 0 Å². The Kier molecular flexibility index (Phi) is 2.11. The molecule has 0 bridgehead atoms. The zero-order valence-electron chi connectivity index (χ0n) is 6.90. The van der Waals surface area contributed by atoms with Crippen molar-refractivity contribution in [3.63, 3.8) is 0 Å². The van der Waals surface area contributed by atoms with Gasteiger partial charge in [-0.1, -0.05) is 18.1 Å². The van der Waals surface area contributed by atoms with Gasteiger partial charge in [-0.25, -0.2) is 4.98 Å². The van der Waals surface area contributed by atoms with E-state index < -0.39 is 0 Å². The van der Waals surface area contributed by atoms with Gasteiger partial charge >= 0.3 is 0 Å². The zero-order valence-corrected chi connectivity index (χ0v) is 7.71. The summed E-state index contributed by atoms with van der Waals surface area (Å²) in [6, 6.07) is 7.84. The van der Waals surface area contributed by atoms with Crippen LogP contribution in [0.4, 0.5) is 0 Å². The van der Waals surface area contributed by atoms with Crippen LogP contribution in [0.3, 0.4) is 0 Å². The normalized spacial score (nSPS) is 9.46. The van der Waals surface area contributed by atoms with E-state index in [4.69, 9.17) is 6.42 Å². The Bertz CT molecular complexity index is 420. The summed E-state index contributed by atoms with van der Waals surface area (Å²) in [5.41, 5.74) is 2.02. The Morgan fingerprint density at radius 3 is 2.54 bits per heavy atom. The topological polar surface area (TPSA) is 12.9 Å². The molecule has 0 spiro atoms. The molecule has 2 aromatic rings. The molecule has 2 rings (SSSR count). The molecular weight excluding hydrogens is 178 g/mol. The first kappa shape index (κ1) is 8.03. The van der Waals surface area contributed by atoms with Crippen LogP contribution >= 0.6 is 11.3 Å². The van der Waals surface area contributed by atoms with Gasteiger partial charge in [0.15, 0.2) is 0 Å². The van der Waals surface area contributed by atoms with Crippen LogP contribution in [0.1, 0.15) is 5.56 Å². The molecule has 0 fully saturated rings. The first-order valence-corrected chi connectivity index (χ1v) is 4.74. The highest BCUT2D eigenvalue weighted by atomic mass is 32.1. The van der Waals surface area contributed by atoms with E-state index in [-0.39, 0.29) is 0 Å². The first-order valence-electron chi connectivity index (χ1n) is 3.87. The van der Waals surface area contributed by atoms with Crippen LogP contribution in [0.5, 0.6) is 0 Å². The van der Waals surface area contributed by atoms with Gasteiger partial charge in [0.05, 0.1) is 0 Å². The monoisotopic (exact) mass is 185 g/mol. The summed E-state index contributed by atoms with van der Waals surface area (Å²) in [7, 11) is 0. The van der Waals surface area contributed by atoms with Crippen molar-refractivity contribution < 1.29 is 0 Å². The molecule has 0 saturated heterocycles. The Labute approximate surface area is 81.1 Å². The summed E-state index contributed by atoms with van der Waals surface area (Å²) in [4.78, 5) is 4.21. The SMILES string of the molecule is C#Cc1ccc(-c2nccs2)cc1. The second-order valence-electron chi connectivity index (χ2n) is 2.56. The van der Waals surface area contributed by atoms with Crippen molar-refractivity contribution in [2.75, 3.05) is 0 Å². The number of hydrogen-bond acceptors (Lipinski definition) is 2. The van der Waals surface area contributed by atoms with E-state index >= 15 is 0 Å². The van der Waals surface area contributed by atoms with Crippen LogP contribution in [0.25, 0.3) is 10.6 Å². The van der Waals surface area contributed by atoms with E-state index in [1.165, 1.54) is 0 Å². The van der Waals surface area contributed by atoms with Crippen LogP contribution < -0.4 is 0 Å². The van der Waals surface area contributed by atoms with Gasteiger partial charge in [-0.15, -0.1) is 17.8 Å². The lowest BCUT2D eigenvalue weighted by Gasteiger charge is -1.95. The first-order chi connectivity index (χ1) is 6.40. The van der Waals surface area contributed by atoms with Gasteiger partial charge < -0.3 is 0 Å². The fourth-order valence-corrected chi connectivity index (χ4v) is 1.72. The third kappa shape index (κ3) is 1.61. The smallest absolute Gasteiger partial charge is 0.123 e. The van der Waals surface area contributed by atoms with E-state index in [0.717, 1.165) is 16.1 Å². The highest BCUT2D eigenvalue weighted by molar-refractivity contribution is 7.13. The highest BCUT2D eigenvalue weighted by Crippen LogP contribution is 2.21. The Hall–Kier alpha value is -1.59. The molecule has 2 heteroatoms. The fourth-order valence-electron chi connectivity index (χ4n) is 1.08. The van der Waals surface area contributed by atoms with Crippen molar-refractivity contribution >= 4 is 11.3 Å². The van der Waals surface area contributed by atoms with Crippen molar-refractivity contribution in [2.45, 2.75) is 0 Å². The van der Waals surface area contributed by atoms with Crippen LogP contribution in [-0.4, -0.2) is 4.98 Å². The highest BCUT2D eigenvalue weighted by Gasteiger charge is 1.98. The van der Waals surface area contributed by atoms with Gasteiger partial charge in [0.25, 0.3) is 0 Å². The number of hydrogen-bond donors (Lipinski definition) is 0. The summed E-state index contributed by atoms with van der Waals surface area (Å²) in [6.07, 6.45) is 7.06. The number of aromatic nitrogens is 1. The minimum absolute atomic E-state index is 0.903. The molecule has 1 nitrogen and oxygen atoms in total. The second kappa shape index (κ2) is 3.42. The average Bonchev–Trinajstić information content (AvgIpc) is 2.71. The van der Waals surface area contributed by atoms with Gasteiger partial charge in [0.2, 0.25) is 0 Å². The van der Waals surface area contributed by atoms with Gasteiger partial charge in [0, 0.05) is 22.7 Å². The molecule has 13 heavy (non-hydrogen) atoms. The quantitative estimate of drug-likeness (QED) is 0.622. The van der Waals surface area contributed by atoms with Crippen LogP contribution in [0.15, 0.2) is 35.8 Å². The molecule has 0 aliphatic heterocycles. The molecule has 1 heterocycles. The molecule has 0 amide bonds. The molecule has 0 radical (unpaired) electrons. The van der Waals surface area contributed by atoms with Gasteiger partial charge in [-0.3, -0.25) is 0 Å².